The number of rotatable bonds is 8. The van der Waals surface area contributed by atoms with Gasteiger partial charge in [0.05, 0.1) is 6.04 Å². The molecule has 16 heavy (non-hydrogen) atoms. The van der Waals surface area contributed by atoms with E-state index in [1.807, 2.05) is 0 Å². The lowest BCUT2D eigenvalue weighted by molar-refractivity contribution is -0.132. The molecule has 0 radical (unpaired) electrons. The molecule has 0 bridgehead atoms. The molecule has 1 rings (SSSR count). The van der Waals surface area contributed by atoms with E-state index in [9.17, 15) is 9.59 Å². The smallest absolute Gasteiger partial charge is 0.220 e. The maximum Gasteiger partial charge on any atom is 0.220 e. The molecule has 1 aliphatic carbocycles. The summed E-state index contributed by atoms with van der Waals surface area (Å²) in [5.74, 6) is 0.241. The van der Waals surface area contributed by atoms with Crippen LogP contribution in [0.25, 0.3) is 0 Å². The Labute approximate surface area is 98.0 Å². The van der Waals surface area contributed by atoms with Crippen molar-refractivity contribution in [3.8, 4) is 0 Å². The van der Waals surface area contributed by atoms with Crippen molar-refractivity contribution < 1.29 is 9.59 Å². The van der Waals surface area contributed by atoms with Gasteiger partial charge in [-0.25, -0.2) is 0 Å². The maximum absolute atomic E-state index is 11.4. The van der Waals surface area contributed by atoms with Gasteiger partial charge >= 0.3 is 0 Å². The first-order valence-corrected chi connectivity index (χ1v) is 6.56. The molecule has 0 unspecified atom stereocenters. The van der Waals surface area contributed by atoms with Crippen molar-refractivity contribution in [1.29, 1.82) is 0 Å². The molecule has 92 valence electrons. The predicted octanol–water partition coefficient (Wildman–Crippen LogP) is 2.58. The fraction of sp³-hybridized carbons (Fsp3) is 0.846. The monoisotopic (exact) mass is 225 g/mol. The number of unbranched alkanes of at least 4 members (excludes halogenated alkanes) is 5. The number of hydrogen-bond acceptors (Lipinski definition) is 2. The zero-order valence-electron chi connectivity index (χ0n) is 10.3. The molecule has 1 N–H and O–H groups in total. The lowest BCUT2D eigenvalue weighted by Gasteiger charge is -2.24. The maximum atomic E-state index is 11.4. The summed E-state index contributed by atoms with van der Waals surface area (Å²) in [6.07, 6.45) is 9.19. The Morgan fingerprint density at radius 1 is 1.25 bits per heavy atom. The summed E-state index contributed by atoms with van der Waals surface area (Å²) in [4.78, 5) is 22.4. The molecule has 1 atom stereocenters. The lowest BCUT2D eigenvalue weighted by Crippen LogP contribution is -2.47. The molecular weight excluding hydrogens is 202 g/mol. The first kappa shape index (κ1) is 13.2. The van der Waals surface area contributed by atoms with Crippen LogP contribution in [0.3, 0.4) is 0 Å². The molecule has 0 aromatic carbocycles. The SMILES string of the molecule is CCCCCCCCC(=O)N[C@@H]1CCC1=O. The molecule has 3 heteroatoms. The quantitative estimate of drug-likeness (QED) is 0.645. The molecule has 0 saturated heterocycles. The van der Waals surface area contributed by atoms with Gasteiger partial charge in [-0.05, 0) is 12.8 Å². The minimum Gasteiger partial charge on any atom is -0.346 e. The van der Waals surface area contributed by atoms with E-state index in [-0.39, 0.29) is 17.7 Å². The molecule has 0 spiro atoms. The number of carbonyl (C=O) groups excluding carboxylic acids is 2. The second kappa shape index (κ2) is 7.42. The van der Waals surface area contributed by atoms with Gasteiger partial charge in [-0.1, -0.05) is 39.0 Å². The van der Waals surface area contributed by atoms with E-state index >= 15 is 0 Å². The summed E-state index contributed by atoms with van der Waals surface area (Å²) in [6.45, 7) is 2.20. The Bertz CT molecular complexity index is 238. The fourth-order valence-electron chi connectivity index (χ4n) is 1.89. The molecule has 0 aromatic heterocycles. The van der Waals surface area contributed by atoms with Crippen LogP contribution in [0.5, 0.6) is 0 Å². The van der Waals surface area contributed by atoms with Gasteiger partial charge in [-0.15, -0.1) is 0 Å². The highest BCUT2D eigenvalue weighted by Crippen LogP contribution is 2.14. The van der Waals surface area contributed by atoms with Gasteiger partial charge in [-0.2, -0.15) is 0 Å². The van der Waals surface area contributed by atoms with Crippen LogP contribution < -0.4 is 5.32 Å². The van der Waals surface area contributed by atoms with Crippen LogP contribution in [0, 0.1) is 0 Å². The zero-order chi connectivity index (χ0) is 11.8. The van der Waals surface area contributed by atoms with Gasteiger partial charge in [0.2, 0.25) is 5.91 Å². The Hall–Kier alpha value is -0.860. The molecule has 1 aliphatic rings. The van der Waals surface area contributed by atoms with E-state index in [1.54, 1.807) is 0 Å². The Morgan fingerprint density at radius 3 is 2.50 bits per heavy atom. The molecular formula is C13H23NO2. The molecule has 0 aromatic rings. The van der Waals surface area contributed by atoms with Crippen LogP contribution in [-0.4, -0.2) is 17.7 Å². The summed E-state index contributed by atoms with van der Waals surface area (Å²) < 4.78 is 0. The molecule has 1 saturated carbocycles. The largest absolute Gasteiger partial charge is 0.346 e. The van der Waals surface area contributed by atoms with Gasteiger partial charge in [0.25, 0.3) is 0 Å². The topological polar surface area (TPSA) is 46.2 Å². The molecule has 1 amide bonds. The highest BCUT2D eigenvalue weighted by Gasteiger charge is 2.28. The number of nitrogens with one attached hydrogen (secondary N) is 1. The van der Waals surface area contributed by atoms with E-state index < -0.39 is 0 Å². The van der Waals surface area contributed by atoms with E-state index in [4.69, 9.17) is 0 Å². The Kier molecular flexibility index (Phi) is 6.12. The van der Waals surface area contributed by atoms with Crippen molar-refractivity contribution in [2.75, 3.05) is 0 Å². The minimum absolute atomic E-state index is 0.0496. The number of amides is 1. The summed E-state index contributed by atoms with van der Waals surface area (Å²) >= 11 is 0. The number of ketones is 1. The second-order valence-electron chi connectivity index (χ2n) is 4.64. The van der Waals surface area contributed by atoms with Crippen molar-refractivity contribution in [3.05, 3.63) is 0 Å². The highest BCUT2D eigenvalue weighted by molar-refractivity contribution is 5.93. The van der Waals surface area contributed by atoms with Gasteiger partial charge in [0.1, 0.15) is 0 Å². The van der Waals surface area contributed by atoms with E-state index in [1.165, 1.54) is 25.7 Å². The van der Waals surface area contributed by atoms with Gasteiger partial charge in [0, 0.05) is 12.8 Å². The van der Waals surface area contributed by atoms with Crippen molar-refractivity contribution in [2.24, 2.45) is 0 Å². The van der Waals surface area contributed by atoms with E-state index in [0.29, 0.717) is 12.8 Å². The first-order chi connectivity index (χ1) is 7.74. The third-order valence-corrected chi connectivity index (χ3v) is 3.16. The number of carbonyl (C=O) groups is 2. The van der Waals surface area contributed by atoms with Crippen molar-refractivity contribution in [3.63, 3.8) is 0 Å². The summed E-state index contributed by atoms with van der Waals surface area (Å²) in [5.41, 5.74) is 0. The van der Waals surface area contributed by atoms with Crippen LogP contribution >= 0.6 is 0 Å². The standard InChI is InChI=1S/C13H23NO2/c1-2-3-4-5-6-7-8-13(16)14-11-9-10-12(11)15/h11H,2-10H2,1H3,(H,14,16)/t11-/m1/s1. The Balaban J connectivity index is 1.92. The van der Waals surface area contributed by atoms with Gasteiger partial charge < -0.3 is 5.32 Å². The van der Waals surface area contributed by atoms with Crippen LogP contribution in [0.2, 0.25) is 0 Å². The van der Waals surface area contributed by atoms with Crippen molar-refractivity contribution in [1.82, 2.24) is 5.32 Å². The first-order valence-electron chi connectivity index (χ1n) is 6.56. The predicted molar refractivity (Wildman–Crippen MR) is 64.2 cm³/mol. The van der Waals surface area contributed by atoms with Gasteiger partial charge in [0.15, 0.2) is 5.78 Å². The Morgan fingerprint density at radius 2 is 1.94 bits per heavy atom. The van der Waals surface area contributed by atoms with Crippen molar-refractivity contribution >= 4 is 11.7 Å². The third-order valence-electron chi connectivity index (χ3n) is 3.16. The summed E-state index contributed by atoms with van der Waals surface area (Å²) in [7, 11) is 0. The second-order valence-corrected chi connectivity index (χ2v) is 4.64. The lowest BCUT2D eigenvalue weighted by atomic mass is 9.91. The molecule has 3 nitrogen and oxygen atoms in total. The van der Waals surface area contributed by atoms with Gasteiger partial charge in [-0.3, -0.25) is 9.59 Å². The van der Waals surface area contributed by atoms with E-state index in [2.05, 4.69) is 12.2 Å². The zero-order valence-corrected chi connectivity index (χ0v) is 10.3. The number of Topliss-reactive ketones (excluding diaryl/α,β-unsaturated/α-hetero) is 1. The van der Waals surface area contributed by atoms with Crippen LogP contribution in [0.4, 0.5) is 0 Å². The minimum atomic E-state index is -0.160. The average molecular weight is 225 g/mol. The van der Waals surface area contributed by atoms with Crippen LogP contribution in [0.1, 0.15) is 64.7 Å². The van der Waals surface area contributed by atoms with Crippen molar-refractivity contribution in [2.45, 2.75) is 70.8 Å². The van der Waals surface area contributed by atoms with E-state index in [0.717, 1.165) is 19.3 Å². The van der Waals surface area contributed by atoms with Crippen LogP contribution in [0.15, 0.2) is 0 Å². The summed E-state index contributed by atoms with van der Waals surface area (Å²) in [5, 5.41) is 2.78. The number of hydrogen-bond donors (Lipinski definition) is 1. The third kappa shape index (κ3) is 4.77. The molecule has 0 aliphatic heterocycles. The van der Waals surface area contributed by atoms with Crippen LogP contribution in [-0.2, 0) is 9.59 Å². The average Bonchev–Trinajstić information content (AvgIpc) is 2.28. The normalized spacial score (nSPS) is 19.3. The summed E-state index contributed by atoms with van der Waals surface area (Å²) in [6, 6.07) is -0.160. The fourth-order valence-corrected chi connectivity index (χ4v) is 1.89. The molecule has 1 fully saturated rings. The molecule has 0 heterocycles. The highest BCUT2D eigenvalue weighted by atomic mass is 16.2.